The smallest absolute Gasteiger partial charge is 0.230 e. The second-order valence-corrected chi connectivity index (χ2v) is 10.6. The highest BCUT2D eigenvalue weighted by Gasteiger charge is 2.39. The van der Waals surface area contributed by atoms with Crippen LogP contribution in [-0.4, -0.2) is 46.2 Å². The van der Waals surface area contributed by atoms with Crippen LogP contribution in [0, 0.1) is 5.92 Å². The van der Waals surface area contributed by atoms with Crippen LogP contribution in [-0.2, 0) is 25.8 Å². The molecule has 1 N–H and O–H groups in total. The highest BCUT2D eigenvalue weighted by atomic mass is 32.2. The van der Waals surface area contributed by atoms with E-state index in [2.05, 4.69) is 5.32 Å². The van der Waals surface area contributed by atoms with Crippen LogP contribution in [0.15, 0.2) is 41.3 Å². The highest BCUT2D eigenvalue weighted by Crippen LogP contribution is 2.39. The molecule has 2 aromatic rings. The Morgan fingerprint density at radius 3 is 2.52 bits per heavy atom. The number of sulfone groups is 1. The Hall–Kier alpha value is -3.07. The second-order valence-electron chi connectivity index (χ2n) is 8.51. The monoisotopic (exact) mass is 472 g/mol. The molecule has 1 unspecified atom stereocenters. The number of rotatable bonds is 8. The van der Waals surface area contributed by atoms with Crippen molar-refractivity contribution in [2.45, 2.75) is 43.5 Å². The van der Waals surface area contributed by atoms with E-state index in [0.717, 1.165) is 24.1 Å². The van der Waals surface area contributed by atoms with Gasteiger partial charge in [-0.25, -0.2) is 8.42 Å². The molecule has 2 amide bonds. The Morgan fingerprint density at radius 2 is 1.85 bits per heavy atom. The zero-order valence-corrected chi connectivity index (χ0v) is 19.8. The molecule has 0 radical (unpaired) electrons. The summed E-state index contributed by atoms with van der Waals surface area (Å²) in [5, 5.41) is 2.69. The number of nitrogens with one attached hydrogen (secondary N) is 1. The lowest BCUT2D eigenvalue weighted by atomic mass is 10.1. The quantitative estimate of drug-likeness (QED) is 0.633. The molecular formula is C24H28N2O6S. The molecule has 4 rings (SSSR count). The summed E-state index contributed by atoms with van der Waals surface area (Å²) in [4.78, 5) is 27.1. The molecular weight excluding hydrogens is 444 g/mol. The van der Waals surface area contributed by atoms with Crippen LogP contribution in [0.3, 0.4) is 0 Å². The number of fused-ring (bicyclic) bond motifs is 1. The summed E-state index contributed by atoms with van der Waals surface area (Å²) < 4.78 is 36.2. The lowest BCUT2D eigenvalue weighted by Gasteiger charge is -2.22. The number of benzene rings is 2. The maximum absolute atomic E-state index is 12.9. The predicted molar refractivity (Wildman–Crippen MR) is 125 cm³/mol. The van der Waals surface area contributed by atoms with Gasteiger partial charge in [0.25, 0.3) is 0 Å². The van der Waals surface area contributed by atoms with Gasteiger partial charge in [0.1, 0.15) is 11.5 Å². The van der Waals surface area contributed by atoms with E-state index in [4.69, 9.17) is 9.47 Å². The summed E-state index contributed by atoms with van der Waals surface area (Å²) in [5.74, 6) is 0.445. The van der Waals surface area contributed by atoms with Gasteiger partial charge < -0.3 is 19.7 Å². The van der Waals surface area contributed by atoms with Crippen molar-refractivity contribution in [1.29, 1.82) is 0 Å². The number of hydrogen-bond acceptors (Lipinski definition) is 6. The van der Waals surface area contributed by atoms with E-state index >= 15 is 0 Å². The van der Waals surface area contributed by atoms with Crippen molar-refractivity contribution in [1.82, 2.24) is 0 Å². The van der Waals surface area contributed by atoms with Gasteiger partial charge in [-0.2, -0.15) is 0 Å². The molecule has 33 heavy (non-hydrogen) atoms. The van der Waals surface area contributed by atoms with Gasteiger partial charge in [-0.05, 0) is 62.1 Å². The van der Waals surface area contributed by atoms with Crippen LogP contribution in [0.25, 0.3) is 0 Å². The van der Waals surface area contributed by atoms with Crippen molar-refractivity contribution >= 4 is 33.0 Å². The van der Waals surface area contributed by atoms with Crippen LogP contribution in [0.4, 0.5) is 11.4 Å². The minimum atomic E-state index is -3.68. The zero-order chi connectivity index (χ0) is 23.8. The molecule has 1 fully saturated rings. The Morgan fingerprint density at radius 1 is 1.09 bits per heavy atom. The first-order valence-electron chi connectivity index (χ1n) is 10.9. The fourth-order valence-electron chi connectivity index (χ4n) is 4.13. The topological polar surface area (TPSA) is 102 Å². The van der Waals surface area contributed by atoms with Crippen LogP contribution in [0.2, 0.25) is 0 Å². The fraction of sp³-hybridized carbons (Fsp3) is 0.417. The second kappa shape index (κ2) is 9.05. The number of ether oxygens (including phenoxy) is 2. The number of methoxy groups -OCH3 is 2. The minimum Gasteiger partial charge on any atom is -0.497 e. The van der Waals surface area contributed by atoms with E-state index in [-0.39, 0.29) is 34.9 Å². The first-order chi connectivity index (χ1) is 15.7. The van der Waals surface area contributed by atoms with Crippen LogP contribution < -0.4 is 19.7 Å². The summed E-state index contributed by atoms with van der Waals surface area (Å²) in [5.41, 5.74) is 2.05. The van der Waals surface area contributed by atoms with E-state index in [0.29, 0.717) is 23.6 Å². The molecule has 8 nitrogen and oxygen atoms in total. The summed E-state index contributed by atoms with van der Waals surface area (Å²) in [6.45, 7) is 1.98. The van der Waals surface area contributed by atoms with Gasteiger partial charge in [0.15, 0.2) is 9.84 Å². The average molecular weight is 473 g/mol. The standard InChI is InChI=1S/C24H28N2O6S/c1-15-12-17-13-19(7-8-21(17)26(15)24(28)16-4-5-16)33(29,30)11-10-23(27)25-20-14-18(31-2)6-9-22(20)32-3/h6-9,13-16H,4-5,10-12H2,1-3H3,(H,25,27). The molecule has 2 aliphatic rings. The summed E-state index contributed by atoms with van der Waals surface area (Å²) in [6, 6.07) is 9.87. The fourth-order valence-corrected chi connectivity index (χ4v) is 5.42. The molecule has 1 saturated carbocycles. The number of hydrogen-bond donors (Lipinski definition) is 1. The molecule has 1 aliphatic heterocycles. The summed E-state index contributed by atoms with van der Waals surface area (Å²) in [7, 11) is -0.683. The van der Waals surface area contributed by atoms with Crippen molar-refractivity contribution in [2.75, 3.05) is 30.2 Å². The van der Waals surface area contributed by atoms with E-state index < -0.39 is 15.7 Å². The van der Waals surface area contributed by atoms with Gasteiger partial charge >= 0.3 is 0 Å². The molecule has 176 valence electrons. The van der Waals surface area contributed by atoms with Crippen molar-refractivity contribution in [3.63, 3.8) is 0 Å². The Kier molecular flexibility index (Phi) is 6.34. The molecule has 2 aromatic carbocycles. The van der Waals surface area contributed by atoms with Crippen LogP contribution in [0.5, 0.6) is 11.5 Å². The van der Waals surface area contributed by atoms with E-state index in [9.17, 15) is 18.0 Å². The predicted octanol–water partition coefficient (Wildman–Crippen LogP) is 3.19. The van der Waals surface area contributed by atoms with Gasteiger partial charge in [0.2, 0.25) is 11.8 Å². The summed E-state index contributed by atoms with van der Waals surface area (Å²) in [6.07, 6.45) is 2.26. The molecule has 0 saturated heterocycles. The van der Waals surface area contributed by atoms with Gasteiger partial charge in [-0.15, -0.1) is 0 Å². The van der Waals surface area contributed by atoms with Crippen molar-refractivity contribution < 1.29 is 27.5 Å². The zero-order valence-electron chi connectivity index (χ0n) is 19.0. The molecule has 9 heteroatoms. The van der Waals surface area contributed by atoms with E-state index in [1.807, 2.05) is 6.92 Å². The third-order valence-electron chi connectivity index (χ3n) is 6.07. The van der Waals surface area contributed by atoms with Crippen LogP contribution in [0.1, 0.15) is 31.7 Å². The first kappa shape index (κ1) is 23.1. The maximum Gasteiger partial charge on any atom is 0.230 e. The normalized spacial score (nSPS) is 17.4. The summed E-state index contributed by atoms with van der Waals surface area (Å²) >= 11 is 0. The Labute approximate surface area is 193 Å². The molecule has 1 atom stereocenters. The SMILES string of the molecule is COc1ccc(OC)c(NC(=O)CCS(=O)(=O)c2ccc3c(c2)CC(C)N3C(=O)C2CC2)c1. The van der Waals surface area contributed by atoms with Crippen molar-refractivity contribution in [2.24, 2.45) is 5.92 Å². The Balaban J connectivity index is 1.44. The van der Waals surface area contributed by atoms with Crippen LogP contribution >= 0.6 is 0 Å². The minimum absolute atomic E-state index is 0.00896. The van der Waals surface area contributed by atoms with Gasteiger partial charge in [0.05, 0.1) is 30.6 Å². The molecule has 0 aromatic heterocycles. The third-order valence-corrected chi connectivity index (χ3v) is 7.78. The van der Waals surface area contributed by atoms with Crippen molar-refractivity contribution in [3.8, 4) is 11.5 Å². The molecule has 1 aliphatic carbocycles. The van der Waals surface area contributed by atoms with Gasteiger partial charge in [-0.3, -0.25) is 9.59 Å². The molecule has 0 bridgehead atoms. The van der Waals surface area contributed by atoms with Gasteiger partial charge in [0, 0.05) is 30.1 Å². The van der Waals surface area contributed by atoms with E-state index in [1.165, 1.54) is 20.3 Å². The first-order valence-corrected chi connectivity index (χ1v) is 12.6. The average Bonchev–Trinajstić information content (AvgIpc) is 3.59. The number of nitrogens with zero attached hydrogens (tertiary/aromatic N) is 1. The number of carbonyl (C=O) groups is 2. The highest BCUT2D eigenvalue weighted by molar-refractivity contribution is 7.91. The maximum atomic E-state index is 12.9. The van der Waals surface area contributed by atoms with E-state index in [1.54, 1.807) is 35.2 Å². The molecule has 0 spiro atoms. The number of anilines is 2. The van der Waals surface area contributed by atoms with Crippen molar-refractivity contribution in [3.05, 3.63) is 42.0 Å². The largest absolute Gasteiger partial charge is 0.497 e. The lowest BCUT2D eigenvalue weighted by molar-refractivity contribution is -0.120. The number of amides is 2. The Bertz CT molecular complexity index is 1190. The number of carbonyl (C=O) groups excluding carboxylic acids is 2. The lowest BCUT2D eigenvalue weighted by Crippen LogP contribution is -2.36. The van der Waals surface area contributed by atoms with Gasteiger partial charge in [-0.1, -0.05) is 0 Å². The third kappa shape index (κ3) is 4.83. The molecule has 1 heterocycles.